The van der Waals surface area contributed by atoms with Gasteiger partial charge in [0, 0.05) is 18.8 Å². The van der Waals surface area contributed by atoms with Crippen molar-refractivity contribution in [3.63, 3.8) is 0 Å². The number of para-hydroxylation sites is 1. The summed E-state index contributed by atoms with van der Waals surface area (Å²) >= 11 is 0. The molecule has 1 heterocycles. The van der Waals surface area contributed by atoms with Crippen molar-refractivity contribution in [2.45, 2.75) is 38.1 Å². The van der Waals surface area contributed by atoms with Crippen molar-refractivity contribution < 1.29 is 5.11 Å². The Hall–Kier alpha value is -1.06. The maximum absolute atomic E-state index is 9.44. The van der Waals surface area contributed by atoms with Gasteiger partial charge < -0.3 is 15.7 Å². The minimum absolute atomic E-state index is 0.0628. The molecule has 0 aromatic heterocycles. The SMILES string of the molecule is CC(C)c1ccccc1N1CCCC(N)(CO)C1. The molecular weight excluding hydrogens is 224 g/mol. The van der Waals surface area contributed by atoms with Crippen molar-refractivity contribution >= 4 is 5.69 Å². The topological polar surface area (TPSA) is 49.5 Å². The van der Waals surface area contributed by atoms with E-state index in [1.54, 1.807) is 0 Å². The van der Waals surface area contributed by atoms with E-state index in [0.717, 1.165) is 25.9 Å². The predicted octanol–water partition coefficient (Wildman–Crippen LogP) is 2.10. The summed E-state index contributed by atoms with van der Waals surface area (Å²) in [6.07, 6.45) is 1.95. The highest BCUT2D eigenvalue weighted by Crippen LogP contribution is 2.31. The van der Waals surface area contributed by atoms with Crippen LogP contribution in [0.1, 0.15) is 38.2 Å². The summed E-state index contributed by atoms with van der Waals surface area (Å²) in [7, 11) is 0. The van der Waals surface area contributed by atoms with E-state index in [1.807, 2.05) is 0 Å². The van der Waals surface area contributed by atoms with Gasteiger partial charge in [0.2, 0.25) is 0 Å². The molecule has 1 aliphatic heterocycles. The highest BCUT2D eigenvalue weighted by atomic mass is 16.3. The van der Waals surface area contributed by atoms with Gasteiger partial charge in [-0.3, -0.25) is 0 Å². The van der Waals surface area contributed by atoms with Gasteiger partial charge in [0.15, 0.2) is 0 Å². The van der Waals surface area contributed by atoms with Crippen molar-refractivity contribution in [3.05, 3.63) is 29.8 Å². The van der Waals surface area contributed by atoms with Crippen LogP contribution in [-0.4, -0.2) is 30.3 Å². The lowest BCUT2D eigenvalue weighted by molar-refractivity contribution is 0.177. The molecule has 0 spiro atoms. The Morgan fingerprint density at radius 3 is 2.78 bits per heavy atom. The van der Waals surface area contributed by atoms with Gasteiger partial charge in [-0.2, -0.15) is 0 Å². The Kier molecular flexibility index (Phi) is 3.93. The lowest BCUT2D eigenvalue weighted by Gasteiger charge is -2.41. The Balaban J connectivity index is 2.26. The van der Waals surface area contributed by atoms with Crippen LogP contribution in [0.15, 0.2) is 24.3 Å². The molecule has 1 saturated heterocycles. The number of nitrogens with zero attached hydrogens (tertiary/aromatic N) is 1. The van der Waals surface area contributed by atoms with E-state index in [-0.39, 0.29) is 6.61 Å². The van der Waals surface area contributed by atoms with Gasteiger partial charge >= 0.3 is 0 Å². The van der Waals surface area contributed by atoms with E-state index in [9.17, 15) is 5.11 Å². The first-order valence-corrected chi connectivity index (χ1v) is 6.79. The van der Waals surface area contributed by atoms with Gasteiger partial charge in [-0.1, -0.05) is 32.0 Å². The van der Waals surface area contributed by atoms with E-state index in [4.69, 9.17) is 5.73 Å². The largest absolute Gasteiger partial charge is 0.394 e. The van der Waals surface area contributed by atoms with E-state index in [2.05, 4.69) is 43.0 Å². The van der Waals surface area contributed by atoms with Gasteiger partial charge in [-0.05, 0) is 30.4 Å². The van der Waals surface area contributed by atoms with Gasteiger partial charge in [0.25, 0.3) is 0 Å². The second kappa shape index (κ2) is 5.29. The first kappa shape index (κ1) is 13.4. The van der Waals surface area contributed by atoms with Crippen LogP contribution in [0, 0.1) is 0 Å². The normalized spacial score (nSPS) is 24.6. The Morgan fingerprint density at radius 1 is 1.39 bits per heavy atom. The number of piperidine rings is 1. The summed E-state index contributed by atoms with van der Waals surface area (Å²) in [4.78, 5) is 2.33. The first-order valence-electron chi connectivity index (χ1n) is 6.79. The molecule has 2 rings (SSSR count). The molecule has 0 radical (unpaired) electrons. The number of nitrogens with two attached hydrogens (primary N) is 1. The van der Waals surface area contributed by atoms with Gasteiger partial charge in [0.1, 0.15) is 0 Å². The Bertz CT molecular complexity index is 405. The second-order valence-electron chi connectivity index (χ2n) is 5.76. The molecule has 3 heteroatoms. The molecule has 0 bridgehead atoms. The third-order valence-electron chi connectivity index (χ3n) is 3.82. The average molecular weight is 248 g/mol. The monoisotopic (exact) mass is 248 g/mol. The molecule has 1 fully saturated rings. The fraction of sp³-hybridized carbons (Fsp3) is 0.600. The zero-order chi connectivity index (χ0) is 13.2. The standard InChI is InChI=1S/C15H24N2O/c1-12(2)13-6-3-4-7-14(13)17-9-5-8-15(16,10-17)11-18/h3-4,6-7,12,18H,5,8-11,16H2,1-2H3. The summed E-state index contributed by atoms with van der Waals surface area (Å²) < 4.78 is 0. The molecule has 0 aliphatic carbocycles. The molecule has 3 nitrogen and oxygen atoms in total. The van der Waals surface area contributed by atoms with Crippen LogP contribution in [0.25, 0.3) is 0 Å². The number of hydrogen-bond acceptors (Lipinski definition) is 3. The number of hydrogen-bond donors (Lipinski definition) is 2. The molecule has 1 aromatic carbocycles. The van der Waals surface area contributed by atoms with Crippen molar-refractivity contribution in [2.75, 3.05) is 24.6 Å². The molecule has 0 saturated carbocycles. The smallest absolute Gasteiger partial charge is 0.0628 e. The average Bonchev–Trinajstić information content (AvgIpc) is 2.39. The van der Waals surface area contributed by atoms with E-state index < -0.39 is 5.54 Å². The predicted molar refractivity (Wildman–Crippen MR) is 76.0 cm³/mol. The summed E-state index contributed by atoms with van der Waals surface area (Å²) in [6.45, 7) is 6.26. The molecule has 0 amide bonds. The molecule has 3 N–H and O–H groups in total. The molecule has 18 heavy (non-hydrogen) atoms. The molecule has 1 unspecified atom stereocenters. The van der Waals surface area contributed by atoms with Gasteiger partial charge in [0.05, 0.1) is 12.1 Å². The third-order valence-corrected chi connectivity index (χ3v) is 3.82. The maximum atomic E-state index is 9.44. The van der Waals surface area contributed by atoms with Crippen molar-refractivity contribution in [2.24, 2.45) is 5.73 Å². The van der Waals surface area contributed by atoms with Crippen LogP contribution in [0.2, 0.25) is 0 Å². The Labute approximate surface area is 110 Å². The molecule has 1 aliphatic rings. The number of anilines is 1. The third kappa shape index (κ3) is 2.68. The summed E-state index contributed by atoms with van der Waals surface area (Å²) in [5, 5.41) is 9.44. The summed E-state index contributed by atoms with van der Waals surface area (Å²) in [6, 6.07) is 8.52. The van der Waals surface area contributed by atoms with Gasteiger partial charge in [-0.15, -0.1) is 0 Å². The molecule has 1 aromatic rings. The summed E-state index contributed by atoms with van der Waals surface area (Å²) in [5.41, 5.74) is 8.41. The fourth-order valence-electron chi connectivity index (χ4n) is 2.76. The summed E-state index contributed by atoms with van der Waals surface area (Å²) in [5.74, 6) is 0.504. The van der Waals surface area contributed by atoms with Crippen molar-refractivity contribution in [1.82, 2.24) is 0 Å². The molecular formula is C15H24N2O. The van der Waals surface area contributed by atoms with Crippen LogP contribution in [0.5, 0.6) is 0 Å². The maximum Gasteiger partial charge on any atom is 0.0628 e. The van der Waals surface area contributed by atoms with Crippen LogP contribution < -0.4 is 10.6 Å². The quantitative estimate of drug-likeness (QED) is 0.861. The second-order valence-corrected chi connectivity index (χ2v) is 5.76. The highest BCUT2D eigenvalue weighted by molar-refractivity contribution is 5.55. The lowest BCUT2D eigenvalue weighted by atomic mass is 9.89. The minimum Gasteiger partial charge on any atom is -0.394 e. The van der Waals surface area contributed by atoms with Crippen LogP contribution in [0.3, 0.4) is 0 Å². The number of rotatable bonds is 3. The molecule has 100 valence electrons. The van der Waals surface area contributed by atoms with E-state index in [1.165, 1.54) is 11.3 Å². The minimum atomic E-state index is -0.442. The zero-order valence-corrected chi connectivity index (χ0v) is 11.4. The highest BCUT2D eigenvalue weighted by Gasteiger charge is 2.31. The van der Waals surface area contributed by atoms with Crippen LogP contribution in [-0.2, 0) is 0 Å². The van der Waals surface area contributed by atoms with Crippen molar-refractivity contribution in [1.29, 1.82) is 0 Å². The van der Waals surface area contributed by atoms with Crippen LogP contribution in [0.4, 0.5) is 5.69 Å². The van der Waals surface area contributed by atoms with E-state index in [0.29, 0.717) is 5.92 Å². The van der Waals surface area contributed by atoms with Crippen molar-refractivity contribution in [3.8, 4) is 0 Å². The number of aliphatic hydroxyl groups excluding tert-OH is 1. The fourth-order valence-corrected chi connectivity index (χ4v) is 2.76. The lowest BCUT2D eigenvalue weighted by Crippen LogP contribution is -2.57. The molecule has 1 atom stereocenters. The number of benzene rings is 1. The zero-order valence-electron chi connectivity index (χ0n) is 11.4. The van der Waals surface area contributed by atoms with E-state index >= 15 is 0 Å². The first-order chi connectivity index (χ1) is 8.56. The number of aliphatic hydroxyl groups is 1. The Morgan fingerprint density at radius 2 is 2.11 bits per heavy atom. The van der Waals surface area contributed by atoms with Gasteiger partial charge in [-0.25, -0.2) is 0 Å². The van der Waals surface area contributed by atoms with Crippen LogP contribution >= 0.6 is 0 Å².